The van der Waals surface area contributed by atoms with E-state index in [0.29, 0.717) is 12.1 Å². The highest BCUT2D eigenvalue weighted by Gasteiger charge is 2.27. The third-order valence-electron chi connectivity index (χ3n) is 4.85. The molecule has 5 heteroatoms. The number of likely N-dealkylation sites (tertiary alicyclic amines) is 1. The molecule has 1 atom stereocenters. The van der Waals surface area contributed by atoms with Crippen LogP contribution in [0.4, 0.5) is 0 Å². The van der Waals surface area contributed by atoms with Gasteiger partial charge in [-0.05, 0) is 38.0 Å². The van der Waals surface area contributed by atoms with Gasteiger partial charge < -0.3 is 9.32 Å². The third kappa shape index (κ3) is 3.38. The maximum absolute atomic E-state index is 12.6. The van der Waals surface area contributed by atoms with Gasteiger partial charge in [0.25, 0.3) is 5.91 Å². The van der Waals surface area contributed by atoms with E-state index in [1.54, 1.807) is 6.07 Å². The minimum absolute atomic E-state index is 0.0245. The highest BCUT2D eigenvalue weighted by atomic mass is 16.3. The first-order chi connectivity index (χ1) is 12.7. The number of furan rings is 1. The second kappa shape index (κ2) is 7.12. The summed E-state index contributed by atoms with van der Waals surface area (Å²) in [6.07, 6.45) is 6.86. The molecule has 1 fully saturated rings. The second-order valence-electron chi connectivity index (χ2n) is 6.78. The van der Waals surface area contributed by atoms with Crippen molar-refractivity contribution in [2.45, 2.75) is 25.7 Å². The number of carbonyl (C=O) groups is 1. The molecule has 1 aliphatic heterocycles. The smallest absolute Gasteiger partial charge is 0.257 e. The lowest BCUT2D eigenvalue weighted by molar-refractivity contribution is 0.0705. The zero-order valence-electron chi connectivity index (χ0n) is 14.8. The lowest BCUT2D eigenvalue weighted by Gasteiger charge is -2.32. The lowest BCUT2D eigenvalue weighted by atomic mass is 9.94. The largest absolute Gasteiger partial charge is 0.472 e. The van der Waals surface area contributed by atoms with Crippen LogP contribution < -0.4 is 0 Å². The summed E-state index contributed by atoms with van der Waals surface area (Å²) in [5, 5.41) is 0. The molecule has 3 aromatic rings. The molecule has 132 valence electrons. The van der Waals surface area contributed by atoms with E-state index in [2.05, 4.69) is 24.0 Å². The summed E-state index contributed by atoms with van der Waals surface area (Å²) < 4.78 is 5.04. The van der Waals surface area contributed by atoms with Gasteiger partial charge in [-0.3, -0.25) is 4.79 Å². The number of hydrogen-bond acceptors (Lipinski definition) is 4. The van der Waals surface area contributed by atoms with Gasteiger partial charge in [0, 0.05) is 36.5 Å². The van der Waals surface area contributed by atoms with Crippen molar-refractivity contribution in [1.82, 2.24) is 14.9 Å². The number of aromatic nitrogens is 2. The van der Waals surface area contributed by atoms with Gasteiger partial charge in [0.1, 0.15) is 6.26 Å². The van der Waals surface area contributed by atoms with Crippen LogP contribution in [0.5, 0.6) is 0 Å². The van der Waals surface area contributed by atoms with Crippen LogP contribution in [-0.2, 0) is 0 Å². The lowest BCUT2D eigenvalue weighted by Crippen LogP contribution is -2.39. The Labute approximate surface area is 152 Å². The number of aryl methyl sites for hydroxylation is 1. The topological polar surface area (TPSA) is 59.2 Å². The summed E-state index contributed by atoms with van der Waals surface area (Å²) in [6, 6.07) is 11.9. The van der Waals surface area contributed by atoms with Gasteiger partial charge in [-0.2, -0.15) is 0 Å². The quantitative estimate of drug-likeness (QED) is 0.717. The summed E-state index contributed by atoms with van der Waals surface area (Å²) in [4.78, 5) is 23.7. The Hall–Kier alpha value is -2.95. The Morgan fingerprint density at radius 3 is 3.00 bits per heavy atom. The molecule has 0 radical (unpaired) electrons. The molecular formula is C21H21N3O2. The van der Waals surface area contributed by atoms with Crippen molar-refractivity contribution >= 4 is 5.91 Å². The Morgan fingerprint density at radius 1 is 1.27 bits per heavy atom. The average Bonchev–Trinajstić information content (AvgIpc) is 3.22. The molecule has 1 amide bonds. The Bertz CT molecular complexity index is 905. The molecule has 1 aliphatic rings. The fourth-order valence-corrected chi connectivity index (χ4v) is 3.50. The maximum atomic E-state index is 12.6. The van der Waals surface area contributed by atoms with Crippen LogP contribution in [0.3, 0.4) is 0 Å². The first kappa shape index (κ1) is 16.5. The average molecular weight is 347 g/mol. The van der Waals surface area contributed by atoms with Gasteiger partial charge >= 0.3 is 0 Å². The monoisotopic (exact) mass is 347 g/mol. The van der Waals surface area contributed by atoms with Gasteiger partial charge in [0.15, 0.2) is 5.82 Å². The van der Waals surface area contributed by atoms with Crippen molar-refractivity contribution in [2.75, 3.05) is 13.1 Å². The fraction of sp³-hybridized carbons (Fsp3) is 0.286. The standard InChI is InChI=1S/C21H21N3O2/c1-15-4-2-5-16(12-15)20-22-9-7-19(23-20)17-6-3-10-24(13-17)21(25)18-8-11-26-14-18/h2,4-5,7-9,11-12,14,17H,3,6,10,13H2,1H3. The highest BCUT2D eigenvalue weighted by molar-refractivity contribution is 5.93. The number of piperidine rings is 1. The molecule has 1 saturated heterocycles. The minimum Gasteiger partial charge on any atom is -0.472 e. The molecule has 0 N–H and O–H groups in total. The van der Waals surface area contributed by atoms with Crippen LogP contribution in [-0.4, -0.2) is 33.9 Å². The van der Waals surface area contributed by atoms with E-state index in [1.807, 2.05) is 29.3 Å². The van der Waals surface area contributed by atoms with E-state index in [0.717, 1.165) is 36.5 Å². The first-order valence-electron chi connectivity index (χ1n) is 8.92. The number of nitrogens with zero attached hydrogens (tertiary/aromatic N) is 3. The van der Waals surface area contributed by atoms with E-state index in [-0.39, 0.29) is 11.8 Å². The van der Waals surface area contributed by atoms with E-state index >= 15 is 0 Å². The first-order valence-corrected chi connectivity index (χ1v) is 8.92. The van der Waals surface area contributed by atoms with Crippen molar-refractivity contribution in [3.63, 3.8) is 0 Å². The van der Waals surface area contributed by atoms with Crippen molar-refractivity contribution in [1.29, 1.82) is 0 Å². The minimum atomic E-state index is 0.0245. The summed E-state index contributed by atoms with van der Waals surface area (Å²) in [5.74, 6) is 0.993. The summed E-state index contributed by atoms with van der Waals surface area (Å²) in [7, 11) is 0. The molecule has 3 heterocycles. The van der Waals surface area contributed by atoms with Crippen LogP contribution in [0.15, 0.2) is 59.5 Å². The maximum Gasteiger partial charge on any atom is 0.257 e. The molecule has 5 nitrogen and oxygen atoms in total. The molecule has 0 saturated carbocycles. The van der Waals surface area contributed by atoms with E-state index in [4.69, 9.17) is 9.40 Å². The highest BCUT2D eigenvalue weighted by Crippen LogP contribution is 2.28. The van der Waals surface area contributed by atoms with Gasteiger partial charge in [0.05, 0.1) is 11.8 Å². The summed E-state index contributed by atoms with van der Waals surface area (Å²) in [6.45, 7) is 3.51. The molecule has 2 aromatic heterocycles. The van der Waals surface area contributed by atoms with E-state index in [1.165, 1.54) is 18.1 Å². The molecule has 0 spiro atoms. The predicted molar refractivity (Wildman–Crippen MR) is 98.8 cm³/mol. The Balaban J connectivity index is 1.55. The van der Waals surface area contributed by atoms with Crippen LogP contribution in [0, 0.1) is 6.92 Å². The molecule has 0 bridgehead atoms. The van der Waals surface area contributed by atoms with Gasteiger partial charge in [-0.15, -0.1) is 0 Å². The van der Waals surface area contributed by atoms with Crippen molar-refractivity contribution in [3.05, 3.63) is 71.9 Å². The number of amides is 1. The number of benzene rings is 1. The number of hydrogen-bond donors (Lipinski definition) is 0. The normalized spacial score (nSPS) is 17.3. The molecule has 26 heavy (non-hydrogen) atoms. The van der Waals surface area contributed by atoms with E-state index < -0.39 is 0 Å². The third-order valence-corrected chi connectivity index (χ3v) is 4.85. The predicted octanol–water partition coefficient (Wildman–Crippen LogP) is 4.06. The zero-order chi connectivity index (χ0) is 17.9. The fourth-order valence-electron chi connectivity index (χ4n) is 3.50. The Kier molecular flexibility index (Phi) is 4.52. The van der Waals surface area contributed by atoms with Crippen molar-refractivity contribution in [2.24, 2.45) is 0 Å². The molecule has 4 rings (SSSR count). The van der Waals surface area contributed by atoms with Gasteiger partial charge in [-0.25, -0.2) is 9.97 Å². The molecule has 1 unspecified atom stereocenters. The van der Waals surface area contributed by atoms with Crippen LogP contribution >= 0.6 is 0 Å². The van der Waals surface area contributed by atoms with Crippen molar-refractivity contribution in [3.8, 4) is 11.4 Å². The summed E-state index contributed by atoms with van der Waals surface area (Å²) in [5.41, 5.74) is 3.81. The Morgan fingerprint density at radius 2 is 2.19 bits per heavy atom. The van der Waals surface area contributed by atoms with Crippen molar-refractivity contribution < 1.29 is 9.21 Å². The molecule has 1 aromatic carbocycles. The van der Waals surface area contributed by atoms with Crippen LogP contribution in [0.2, 0.25) is 0 Å². The molecule has 0 aliphatic carbocycles. The second-order valence-corrected chi connectivity index (χ2v) is 6.78. The van der Waals surface area contributed by atoms with Gasteiger partial charge in [0.2, 0.25) is 0 Å². The van der Waals surface area contributed by atoms with Crippen LogP contribution in [0.1, 0.15) is 40.4 Å². The van der Waals surface area contributed by atoms with Crippen LogP contribution in [0.25, 0.3) is 11.4 Å². The number of carbonyl (C=O) groups excluding carboxylic acids is 1. The van der Waals surface area contributed by atoms with E-state index in [9.17, 15) is 4.79 Å². The molecular weight excluding hydrogens is 326 g/mol. The number of rotatable bonds is 3. The SMILES string of the molecule is Cc1cccc(-c2nccc(C3CCCN(C(=O)c4ccoc4)C3)n2)c1. The van der Waals surface area contributed by atoms with Gasteiger partial charge in [-0.1, -0.05) is 23.8 Å². The zero-order valence-corrected chi connectivity index (χ0v) is 14.8. The summed E-state index contributed by atoms with van der Waals surface area (Å²) >= 11 is 0.